The zero-order valence-electron chi connectivity index (χ0n) is 20.3. The maximum Gasteiger partial charge on any atom is 0.251 e. The first-order chi connectivity index (χ1) is 18.1. The van der Waals surface area contributed by atoms with Gasteiger partial charge in [0.25, 0.3) is 5.91 Å². The Morgan fingerprint density at radius 1 is 1.03 bits per heavy atom. The molecule has 1 aliphatic rings. The molecule has 0 aromatic heterocycles. The van der Waals surface area contributed by atoms with Crippen LogP contribution in [0.25, 0.3) is 0 Å². The third-order valence-electron chi connectivity index (χ3n) is 6.28. The zero-order valence-corrected chi connectivity index (χ0v) is 21.9. The van der Waals surface area contributed by atoms with Gasteiger partial charge in [-0.15, -0.1) is 0 Å². The van der Waals surface area contributed by atoms with Crippen LogP contribution in [0.5, 0.6) is 0 Å². The molecular formula is C27H26ClF2N3O4S. The molecule has 1 atom stereocenters. The van der Waals surface area contributed by atoms with Gasteiger partial charge in [0, 0.05) is 35.8 Å². The summed E-state index contributed by atoms with van der Waals surface area (Å²) in [5.41, 5.74) is 0.830. The maximum absolute atomic E-state index is 13.8. The Labute approximate surface area is 224 Å². The SMILES string of the molecule is O=C(NCc1cc(F)ccc1F)c1ccc(CN([C@@H]2CCCCNC2=O)S(=O)(=O)c2ccc(Cl)cc2)cc1. The van der Waals surface area contributed by atoms with Gasteiger partial charge in [-0.25, -0.2) is 17.2 Å². The normalized spacial score (nSPS) is 16.1. The summed E-state index contributed by atoms with van der Waals surface area (Å²) in [7, 11) is -4.07. The number of nitrogens with one attached hydrogen (secondary N) is 2. The fourth-order valence-electron chi connectivity index (χ4n) is 4.20. The lowest BCUT2D eigenvalue weighted by atomic mass is 10.1. The Balaban J connectivity index is 1.54. The molecule has 11 heteroatoms. The molecule has 3 aromatic carbocycles. The van der Waals surface area contributed by atoms with E-state index in [0.29, 0.717) is 30.0 Å². The molecule has 7 nitrogen and oxygen atoms in total. The summed E-state index contributed by atoms with van der Waals surface area (Å²) in [6.07, 6.45) is 1.80. The number of carbonyl (C=O) groups excluding carboxylic acids is 2. The standard InChI is InChI=1S/C27H26ClF2N3O4S/c28-21-8-11-23(12-9-21)38(36,37)33(25-3-1-2-14-31-27(25)35)17-18-4-6-19(7-5-18)26(34)32-16-20-15-22(29)10-13-24(20)30/h4-13,15,25H,1-3,14,16-17H2,(H,31,35)(H,32,34)/t25-/m1/s1. The molecule has 0 saturated carbocycles. The minimum atomic E-state index is -4.07. The molecule has 4 rings (SSSR count). The van der Waals surface area contributed by atoms with Gasteiger partial charge in [-0.3, -0.25) is 9.59 Å². The number of carbonyl (C=O) groups is 2. The fraction of sp³-hybridized carbons (Fsp3) is 0.259. The van der Waals surface area contributed by atoms with Crippen molar-refractivity contribution < 1.29 is 26.8 Å². The third-order valence-corrected chi connectivity index (χ3v) is 8.40. The molecule has 3 aromatic rings. The Bertz CT molecular complexity index is 1420. The molecule has 2 amide bonds. The lowest BCUT2D eigenvalue weighted by molar-refractivity contribution is -0.124. The van der Waals surface area contributed by atoms with E-state index in [1.165, 1.54) is 40.7 Å². The van der Waals surface area contributed by atoms with E-state index in [4.69, 9.17) is 11.6 Å². The highest BCUT2D eigenvalue weighted by Crippen LogP contribution is 2.26. The highest BCUT2D eigenvalue weighted by Gasteiger charge is 2.36. The average molecular weight is 562 g/mol. The second-order valence-electron chi connectivity index (χ2n) is 8.92. The summed E-state index contributed by atoms with van der Waals surface area (Å²) in [5, 5.41) is 5.71. The summed E-state index contributed by atoms with van der Waals surface area (Å²) >= 11 is 5.94. The predicted octanol–water partition coefficient (Wildman–Crippen LogP) is 4.41. The Kier molecular flexibility index (Phi) is 8.76. The van der Waals surface area contributed by atoms with E-state index in [0.717, 1.165) is 24.6 Å². The molecule has 0 bridgehead atoms. The van der Waals surface area contributed by atoms with Crippen molar-refractivity contribution in [2.75, 3.05) is 6.54 Å². The molecule has 0 radical (unpaired) electrons. The van der Waals surface area contributed by atoms with Crippen molar-refractivity contribution >= 4 is 33.4 Å². The van der Waals surface area contributed by atoms with Crippen LogP contribution in [0.3, 0.4) is 0 Å². The quantitative estimate of drug-likeness (QED) is 0.426. The largest absolute Gasteiger partial charge is 0.355 e. The van der Waals surface area contributed by atoms with Crippen LogP contribution in [0, 0.1) is 11.6 Å². The summed E-state index contributed by atoms with van der Waals surface area (Å²) in [4.78, 5) is 25.4. The monoisotopic (exact) mass is 561 g/mol. The summed E-state index contributed by atoms with van der Waals surface area (Å²) in [5.74, 6) is -2.11. The van der Waals surface area contributed by atoms with Gasteiger partial charge in [-0.1, -0.05) is 23.7 Å². The van der Waals surface area contributed by atoms with Crippen LogP contribution in [-0.4, -0.2) is 37.1 Å². The first-order valence-electron chi connectivity index (χ1n) is 12.0. The number of sulfonamides is 1. The number of hydrogen-bond donors (Lipinski definition) is 2. The summed E-state index contributed by atoms with van der Waals surface area (Å²) in [6, 6.07) is 14.0. The zero-order chi connectivity index (χ0) is 27.3. The number of rotatable bonds is 8. The number of halogens is 3. The maximum atomic E-state index is 13.8. The van der Waals surface area contributed by atoms with E-state index >= 15 is 0 Å². The molecule has 0 unspecified atom stereocenters. The topological polar surface area (TPSA) is 95.6 Å². The predicted molar refractivity (Wildman–Crippen MR) is 139 cm³/mol. The van der Waals surface area contributed by atoms with Gasteiger partial charge in [0.2, 0.25) is 15.9 Å². The molecule has 2 N–H and O–H groups in total. The number of nitrogens with zero attached hydrogens (tertiary/aromatic N) is 1. The number of hydrogen-bond acceptors (Lipinski definition) is 4. The van der Waals surface area contributed by atoms with Crippen LogP contribution >= 0.6 is 11.6 Å². The molecule has 1 heterocycles. The fourth-order valence-corrected chi connectivity index (χ4v) is 5.93. The molecule has 1 aliphatic heterocycles. The van der Waals surface area contributed by atoms with Gasteiger partial charge in [-0.05, 0) is 79.4 Å². The van der Waals surface area contributed by atoms with Crippen LogP contribution < -0.4 is 10.6 Å². The summed E-state index contributed by atoms with van der Waals surface area (Å²) in [6.45, 7) is 0.182. The number of amides is 2. The Hall–Kier alpha value is -3.34. The average Bonchev–Trinajstić information content (AvgIpc) is 3.12. The Morgan fingerprint density at radius 3 is 2.45 bits per heavy atom. The molecule has 1 fully saturated rings. The smallest absolute Gasteiger partial charge is 0.251 e. The molecule has 0 aliphatic carbocycles. The van der Waals surface area contributed by atoms with Crippen molar-refractivity contribution in [1.29, 1.82) is 0 Å². The second kappa shape index (κ2) is 12.0. The first-order valence-corrected chi connectivity index (χ1v) is 13.8. The van der Waals surface area contributed by atoms with Crippen LogP contribution in [0.1, 0.15) is 40.7 Å². The van der Waals surface area contributed by atoms with Crippen molar-refractivity contribution in [1.82, 2.24) is 14.9 Å². The first kappa shape index (κ1) is 27.7. The van der Waals surface area contributed by atoms with E-state index in [9.17, 15) is 26.8 Å². The van der Waals surface area contributed by atoms with Gasteiger partial charge < -0.3 is 10.6 Å². The highest BCUT2D eigenvalue weighted by molar-refractivity contribution is 7.89. The minimum Gasteiger partial charge on any atom is -0.355 e. The molecule has 38 heavy (non-hydrogen) atoms. The second-order valence-corrected chi connectivity index (χ2v) is 11.2. The van der Waals surface area contributed by atoms with E-state index in [-0.39, 0.29) is 35.0 Å². The van der Waals surface area contributed by atoms with E-state index in [2.05, 4.69) is 10.6 Å². The van der Waals surface area contributed by atoms with Gasteiger partial charge in [0.1, 0.15) is 17.7 Å². The highest BCUT2D eigenvalue weighted by atomic mass is 35.5. The minimum absolute atomic E-state index is 0.0134. The van der Waals surface area contributed by atoms with Gasteiger partial charge in [0.05, 0.1) is 4.90 Å². The summed E-state index contributed by atoms with van der Waals surface area (Å²) < 4.78 is 55.7. The van der Waals surface area contributed by atoms with Crippen LogP contribution in [0.15, 0.2) is 71.6 Å². The van der Waals surface area contributed by atoms with Crippen molar-refractivity contribution in [2.45, 2.75) is 43.3 Å². The Morgan fingerprint density at radius 2 is 1.74 bits per heavy atom. The van der Waals surface area contributed by atoms with Gasteiger partial charge in [0.15, 0.2) is 0 Å². The van der Waals surface area contributed by atoms with E-state index in [1.54, 1.807) is 12.1 Å². The lowest BCUT2D eigenvalue weighted by Gasteiger charge is -2.29. The lowest BCUT2D eigenvalue weighted by Crippen LogP contribution is -2.48. The van der Waals surface area contributed by atoms with Crippen LogP contribution in [-0.2, 0) is 27.9 Å². The number of benzene rings is 3. The third kappa shape index (κ3) is 6.56. The molecule has 200 valence electrons. The van der Waals surface area contributed by atoms with Crippen LogP contribution in [0.2, 0.25) is 5.02 Å². The van der Waals surface area contributed by atoms with Crippen molar-refractivity contribution in [3.05, 3.63) is 100 Å². The van der Waals surface area contributed by atoms with Gasteiger partial charge in [-0.2, -0.15) is 4.31 Å². The van der Waals surface area contributed by atoms with Crippen molar-refractivity contribution in [2.24, 2.45) is 0 Å². The van der Waals surface area contributed by atoms with Crippen molar-refractivity contribution in [3.63, 3.8) is 0 Å². The van der Waals surface area contributed by atoms with E-state index < -0.39 is 33.6 Å². The van der Waals surface area contributed by atoms with E-state index in [1.807, 2.05) is 0 Å². The van der Waals surface area contributed by atoms with Crippen LogP contribution in [0.4, 0.5) is 8.78 Å². The molecule has 1 saturated heterocycles. The van der Waals surface area contributed by atoms with Gasteiger partial charge >= 0.3 is 0 Å². The molecular weight excluding hydrogens is 536 g/mol. The molecule has 0 spiro atoms. The van der Waals surface area contributed by atoms with Crippen molar-refractivity contribution in [3.8, 4) is 0 Å².